The number of carbonyl (C=O) groups is 1. The third kappa shape index (κ3) is 4.41. The van der Waals surface area contributed by atoms with Crippen molar-refractivity contribution >= 4 is 5.97 Å². The molecule has 0 radical (unpaired) electrons. The maximum atomic E-state index is 13.1. The number of carboxylic acids is 1. The molecule has 1 N–H and O–H groups in total. The van der Waals surface area contributed by atoms with Crippen molar-refractivity contribution in [2.75, 3.05) is 13.1 Å². The van der Waals surface area contributed by atoms with Gasteiger partial charge in [0.15, 0.2) is 0 Å². The highest BCUT2D eigenvalue weighted by Gasteiger charge is 2.20. The van der Waals surface area contributed by atoms with Crippen LogP contribution in [0.1, 0.15) is 32.4 Å². The lowest BCUT2D eigenvalue weighted by atomic mass is 10.1. The molecule has 4 nitrogen and oxygen atoms in total. The van der Waals surface area contributed by atoms with E-state index in [9.17, 15) is 9.18 Å². The molecule has 0 aliphatic carbocycles. The Morgan fingerprint density at radius 3 is 2.61 bits per heavy atom. The van der Waals surface area contributed by atoms with Crippen LogP contribution in [0, 0.1) is 11.7 Å². The Balaban J connectivity index is 2.86. The normalized spacial score (nSPS) is 13.0. The van der Waals surface area contributed by atoms with Gasteiger partial charge in [-0.3, -0.25) is 14.7 Å². The zero-order valence-electron chi connectivity index (χ0n) is 10.9. The van der Waals surface area contributed by atoms with E-state index >= 15 is 0 Å². The van der Waals surface area contributed by atoms with Gasteiger partial charge >= 0.3 is 5.97 Å². The molecule has 0 aromatic carbocycles. The van der Waals surface area contributed by atoms with Crippen molar-refractivity contribution in [3.63, 3.8) is 0 Å². The minimum absolute atomic E-state index is 0.0597. The molecule has 0 aliphatic rings. The molecule has 0 saturated heterocycles. The lowest BCUT2D eigenvalue weighted by Crippen LogP contribution is -2.35. The van der Waals surface area contributed by atoms with E-state index in [2.05, 4.69) is 4.98 Å². The highest BCUT2D eigenvalue weighted by atomic mass is 19.1. The molecule has 0 saturated carbocycles. The van der Waals surface area contributed by atoms with E-state index in [1.807, 2.05) is 25.7 Å². The summed E-state index contributed by atoms with van der Waals surface area (Å²) in [7, 11) is 0. The van der Waals surface area contributed by atoms with E-state index in [1.54, 1.807) is 6.20 Å². The fourth-order valence-corrected chi connectivity index (χ4v) is 1.87. The number of halogens is 1. The molecule has 1 aromatic heterocycles. The highest BCUT2D eigenvalue weighted by molar-refractivity contribution is 5.69. The van der Waals surface area contributed by atoms with Gasteiger partial charge in [-0.15, -0.1) is 0 Å². The average Bonchev–Trinajstić information content (AvgIpc) is 2.26. The standard InChI is InChI=1S/C13H19FN2O2/c1-9(2)7-16(8-13(17)18)10(3)11-4-12(14)6-15-5-11/h4-6,9-10H,7-8H2,1-3H3,(H,17,18). The number of carboxylic acid groups (broad SMARTS) is 1. The molecule has 1 unspecified atom stereocenters. The van der Waals surface area contributed by atoms with Crippen LogP contribution in [-0.2, 0) is 4.79 Å². The molecule has 5 heteroatoms. The molecule has 0 spiro atoms. The number of pyridine rings is 1. The lowest BCUT2D eigenvalue weighted by Gasteiger charge is -2.29. The maximum Gasteiger partial charge on any atom is 0.317 e. The van der Waals surface area contributed by atoms with Crippen molar-refractivity contribution in [1.29, 1.82) is 0 Å². The first kappa shape index (κ1) is 14.6. The van der Waals surface area contributed by atoms with Crippen molar-refractivity contribution in [1.82, 2.24) is 9.88 Å². The fourth-order valence-electron chi connectivity index (χ4n) is 1.87. The third-order valence-corrected chi connectivity index (χ3v) is 2.69. The minimum Gasteiger partial charge on any atom is -0.480 e. The summed E-state index contributed by atoms with van der Waals surface area (Å²) in [5.74, 6) is -0.945. The zero-order valence-corrected chi connectivity index (χ0v) is 10.9. The Morgan fingerprint density at radius 1 is 1.44 bits per heavy atom. The van der Waals surface area contributed by atoms with Crippen molar-refractivity contribution in [2.45, 2.75) is 26.8 Å². The molecular weight excluding hydrogens is 235 g/mol. The van der Waals surface area contributed by atoms with Crippen LogP contribution in [0.4, 0.5) is 4.39 Å². The van der Waals surface area contributed by atoms with E-state index in [-0.39, 0.29) is 12.6 Å². The summed E-state index contributed by atoms with van der Waals surface area (Å²) >= 11 is 0. The first-order chi connectivity index (χ1) is 8.40. The van der Waals surface area contributed by atoms with Gasteiger partial charge in [-0.05, 0) is 24.5 Å². The Labute approximate surface area is 106 Å². The van der Waals surface area contributed by atoms with Crippen molar-refractivity contribution in [2.24, 2.45) is 5.92 Å². The summed E-state index contributed by atoms with van der Waals surface area (Å²) < 4.78 is 13.1. The molecule has 0 fully saturated rings. The highest BCUT2D eigenvalue weighted by Crippen LogP contribution is 2.20. The van der Waals surface area contributed by atoms with Crippen LogP contribution in [0.2, 0.25) is 0 Å². The number of hydrogen-bond donors (Lipinski definition) is 1. The van der Waals surface area contributed by atoms with Crippen LogP contribution < -0.4 is 0 Å². The predicted molar refractivity (Wildman–Crippen MR) is 66.7 cm³/mol. The third-order valence-electron chi connectivity index (χ3n) is 2.69. The van der Waals surface area contributed by atoms with Gasteiger partial charge < -0.3 is 5.11 Å². The van der Waals surface area contributed by atoms with Crippen LogP contribution in [0.5, 0.6) is 0 Å². The molecule has 0 amide bonds. The van der Waals surface area contributed by atoms with Gasteiger partial charge in [0.25, 0.3) is 0 Å². The molecular formula is C13H19FN2O2. The monoisotopic (exact) mass is 254 g/mol. The van der Waals surface area contributed by atoms with Gasteiger partial charge in [-0.2, -0.15) is 0 Å². The van der Waals surface area contributed by atoms with Gasteiger partial charge in [-0.1, -0.05) is 13.8 Å². The number of aromatic nitrogens is 1. The zero-order chi connectivity index (χ0) is 13.7. The summed E-state index contributed by atoms with van der Waals surface area (Å²) in [4.78, 5) is 16.5. The Bertz CT molecular complexity index is 410. The van der Waals surface area contributed by atoms with Crippen molar-refractivity contribution in [3.8, 4) is 0 Å². The van der Waals surface area contributed by atoms with Gasteiger partial charge in [0.05, 0.1) is 12.7 Å². The molecule has 1 aromatic rings. The Morgan fingerprint density at radius 2 is 2.11 bits per heavy atom. The second-order valence-electron chi connectivity index (χ2n) is 4.83. The predicted octanol–water partition coefficient (Wildman–Crippen LogP) is 2.32. The van der Waals surface area contributed by atoms with Crippen LogP contribution >= 0.6 is 0 Å². The lowest BCUT2D eigenvalue weighted by molar-refractivity contribution is -0.139. The molecule has 1 heterocycles. The minimum atomic E-state index is -0.883. The molecule has 18 heavy (non-hydrogen) atoms. The van der Waals surface area contributed by atoms with Crippen molar-refractivity contribution < 1.29 is 14.3 Å². The van der Waals surface area contributed by atoms with Gasteiger partial charge in [-0.25, -0.2) is 4.39 Å². The fraction of sp³-hybridized carbons (Fsp3) is 0.538. The first-order valence-corrected chi connectivity index (χ1v) is 5.96. The van der Waals surface area contributed by atoms with Crippen molar-refractivity contribution in [3.05, 3.63) is 29.8 Å². The Kier molecular flexibility index (Phi) is 5.22. The quantitative estimate of drug-likeness (QED) is 0.846. The second-order valence-corrected chi connectivity index (χ2v) is 4.83. The second kappa shape index (κ2) is 6.44. The summed E-state index contributed by atoms with van der Waals surface area (Å²) in [6, 6.07) is 1.22. The summed E-state index contributed by atoms with van der Waals surface area (Å²) in [5, 5.41) is 8.92. The first-order valence-electron chi connectivity index (χ1n) is 5.96. The summed E-state index contributed by atoms with van der Waals surface area (Å²) in [6.07, 6.45) is 2.71. The largest absolute Gasteiger partial charge is 0.480 e. The van der Waals surface area contributed by atoms with Gasteiger partial charge in [0.1, 0.15) is 5.82 Å². The van der Waals surface area contributed by atoms with E-state index in [0.29, 0.717) is 18.0 Å². The van der Waals surface area contributed by atoms with E-state index < -0.39 is 11.8 Å². The number of aliphatic carboxylic acids is 1. The van der Waals surface area contributed by atoms with Gasteiger partial charge in [0.2, 0.25) is 0 Å². The van der Waals surface area contributed by atoms with Crippen LogP contribution in [-0.4, -0.2) is 34.0 Å². The van der Waals surface area contributed by atoms with Gasteiger partial charge in [0, 0.05) is 18.8 Å². The Hall–Kier alpha value is -1.49. The van der Waals surface area contributed by atoms with Crippen LogP contribution in [0.25, 0.3) is 0 Å². The SMILES string of the molecule is CC(C)CN(CC(=O)O)C(C)c1cncc(F)c1. The molecule has 100 valence electrons. The summed E-state index contributed by atoms with van der Waals surface area (Å²) in [6.45, 7) is 6.48. The average molecular weight is 254 g/mol. The maximum absolute atomic E-state index is 13.1. The topological polar surface area (TPSA) is 53.4 Å². The van der Waals surface area contributed by atoms with E-state index in [1.165, 1.54) is 6.07 Å². The number of hydrogen-bond acceptors (Lipinski definition) is 3. The van der Waals surface area contributed by atoms with E-state index in [0.717, 1.165) is 6.20 Å². The molecule has 1 rings (SSSR count). The van der Waals surface area contributed by atoms with Crippen LogP contribution in [0.15, 0.2) is 18.5 Å². The van der Waals surface area contributed by atoms with Crippen LogP contribution in [0.3, 0.4) is 0 Å². The van der Waals surface area contributed by atoms with E-state index in [4.69, 9.17) is 5.11 Å². The molecule has 0 aliphatic heterocycles. The summed E-state index contributed by atoms with van der Waals surface area (Å²) in [5.41, 5.74) is 0.692. The molecule has 0 bridgehead atoms. The molecule has 1 atom stereocenters. The smallest absolute Gasteiger partial charge is 0.317 e. The number of nitrogens with zero attached hydrogens (tertiary/aromatic N) is 2. The number of rotatable bonds is 6.